The lowest BCUT2D eigenvalue weighted by Crippen LogP contribution is -2.45. The summed E-state index contributed by atoms with van der Waals surface area (Å²) in [5, 5.41) is 60.7. The van der Waals surface area contributed by atoms with Crippen molar-refractivity contribution in [2.24, 2.45) is 0 Å². The van der Waals surface area contributed by atoms with Crippen LogP contribution < -0.4 is 35.5 Å². The summed E-state index contributed by atoms with van der Waals surface area (Å²) in [6.45, 7) is 1.63. The topological polar surface area (TPSA) is 321 Å². The van der Waals surface area contributed by atoms with Gasteiger partial charge in [-0.2, -0.15) is 15.4 Å². The summed E-state index contributed by atoms with van der Waals surface area (Å²) >= 11 is 0. The van der Waals surface area contributed by atoms with Gasteiger partial charge < -0.3 is 51.2 Å². The average Bonchev–Trinajstić information content (AvgIpc) is 3.80. The molecule has 0 radical (unpaired) electrons. The van der Waals surface area contributed by atoms with Crippen molar-refractivity contribution in [2.75, 3.05) is 34.9 Å². The number of hydrogen-bond donors (Lipinski definition) is 10. The van der Waals surface area contributed by atoms with Crippen LogP contribution in [0.3, 0.4) is 0 Å². The van der Waals surface area contributed by atoms with E-state index in [0.717, 1.165) is 32.4 Å². The number of carbonyl (C=O) groups is 5. The number of nitrogens with zero attached hydrogens (tertiary/aromatic N) is 2. The molecule has 66 heavy (non-hydrogen) atoms. The van der Waals surface area contributed by atoms with Gasteiger partial charge in [-0.1, -0.05) is 12.1 Å². The molecule has 1 heterocycles. The molecule has 4 amide bonds. The van der Waals surface area contributed by atoms with Crippen LogP contribution in [0.2, 0.25) is 0 Å². The Balaban J connectivity index is 1.10. The molecule has 0 saturated heterocycles. The number of H-pyrrole nitrogens is 1. The number of carbonyl (C=O) groups excluding carboxylic acids is 4. The van der Waals surface area contributed by atoms with E-state index in [4.69, 9.17) is 9.47 Å². The normalized spacial score (nSPS) is 11.7. The number of aromatic amines is 1. The second-order valence-corrected chi connectivity index (χ2v) is 15.8. The van der Waals surface area contributed by atoms with Crippen molar-refractivity contribution < 1.29 is 62.3 Å². The number of benzene rings is 5. The molecule has 0 aliphatic heterocycles. The molecule has 0 fully saturated rings. The van der Waals surface area contributed by atoms with Gasteiger partial charge in [0.2, 0.25) is 5.91 Å². The Morgan fingerprint density at radius 2 is 1.32 bits per heavy atom. The maximum atomic E-state index is 13.6. The Bertz CT molecular complexity index is 2940. The minimum atomic E-state index is -4.40. The molecule has 340 valence electrons. The summed E-state index contributed by atoms with van der Waals surface area (Å²) < 4.78 is 39.6. The Morgan fingerprint density at radius 3 is 1.94 bits per heavy atom. The highest BCUT2D eigenvalue weighted by atomic mass is 32.2. The number of hydrogen-bond acceptors (Lipinski definition) is 14. The van der Waals surface area contributed by atoms with Gasteiger partial charge in [-0.3, -0.25) is 23.9 Å². The van der Waals surface area contributed by atoms with Crippen LogP contribution in [-0.4, -0.2) is 94.1 Å². The number of phenolic OH excluding ortho intramolecular Hbond substituents is 2. The molecule has 1 atom stereocenters. The summed E-state index contributed by atoms with van der Waals surface area (Å²) in [7, 11) is -2.14. The first-order valence-corrected chi connectivity index (χ1v) is 20.8. The molecule has 0 bridgehead atoms. The van der Waals surface area contributed by atoms with Gasteiger partial charge in [-0.05, 0) is 103 Å². The van der Waals surface area contributed by atoms with Crippen molar-refractivity contribution >= 4 is 68.4 Å². The first-order valence-electron chi connectivity index (χ1n) is 19.3. The molecule has 0 spiro atoms. The van der Waals surface area contributed by atoms with E-state index in [1.165, 1.54) is 72.9 Å². The third-order valence-electron chi connectivity index (χ3n) is 9.61. The average molecular weight is 921 g/mol. The molecule has 0 unspecified atom stereocenters. The van der Waals surface area contributed by atoms with Crippen LogP contribution in [0.1, 0.15) is 49.3 Å². The van der Waals surface area contributed by atoms with Gasteiger partial charge in [0.25, 0.3) is 27.7 Å². The fraction of sp³-hybridized carbons (Fsp3) is 0.114. The monoisotopic (exact) mass is 920 g/mol. The predicted octanol–water partition coefficient (Wildman–Crippen LogP) is 4.71. The van der Waals surface area contributed by atoms with Crippen LogP contribution in [0.25, 0.3) is 6.08 Å². The molecule has 0 aliphatic carbocycles. The van der Waals surface area contributed by atoms with E-state index in [2.05, 4.69) is 41.4 Å². The lowest BCUT2D eigenvalue weighted by molar-refractivity contribution is -0.118. The van der Waals surface area contributed by atoms with Crippen LogP contribution in [-0.2, 0) is 26.0 Å². The molecular weight excluding hydrogens is 881 g/mol. The third kappa shape index (κ3) is 11.0. The van der Waals surface area contributed by atoms with E-state index >= 15 is 0 Å². The smallest absolute Gasteiger partial charge is 0.339 e. The highest BCUT2D eigenvalue weighted by Gasteiger charge is 2.27. The SMILES string of the molecule is COc1c(NC(=O)c2ccc(NS(=O)(=O)c3ccc(NC(=O)[C@H](Cc4cn[nH]n4)NC(=O)c4ccc(NC(=O)/C(C)=C/c5ccc(O)cc5)cc4)cc3)c(OC)c2O)ccc(C(=O)O)c1O. The Kier molecular flexibility index (Phi) is 14.2. The number of methoxy groups -OCH3 is 2. The standard InChI is InChI=1S/C44H40N8O13S/c1-23(20-24-4-12-29(53)13-5-24)40(56)46-26-8-6-25(7-9-26)41(57)49-35(21-28-22-45-52-50-28)43(59)47-27-10-14-30(15-11-27)66(62,63)51-34-19-16-31(36(54)39(34)65-3)42(58)48-33-18-17-32(44(60)61)37(55)38(33)64-2/h4-20,22,35,51,53-55H,21H2,1-3H3,(H,46,56)(H,47,59)(H,48,58)(H,49,57)(H,60,61)(H,45,50,52)/b23-20+/t35-/m0/s1. The molecule has 10 N–H and O–H groups in total. The molecule has 6 aromatic rings. The van der Waals surface area contributed by atoms with E-state index in [1.54, 1.807) is 25.1 Å². The van der Waals surface area contributed by atoms with Crippen molar-refractivity contribution in [2.45, 2.75) is 24.3 Å². The Morgan fingerprint density at radius 1 is 0.727 bits per heavy atom. The first kappa shape index (κ1) is 46.6. The lowest BCUT2D eigenvalue weighted by atomic mass is 10.1. The maximum absolute atomic E-state index is 13.6. The van der Waals surface area contributed by atoms with E-state index < -0.39 is 68.5 Å². The third-order valence-corrected chi connectivity index (χ3v) is 11.0. The summed E-state index contributed by atoms with van der Waals surface area (Å²) in [5.41, 5.74) is 0.901. The Labute approximate surface area is 375 Å². The number of ether oxygens (including phenoxy) is 2. The predicted molar refractivity (Wildman–Crippen MR) is 238 cm³/mol. The second kappa shape index (κ2) is 20.1. The van der Waals surface area contributed by atoms with Crippen molar-refractivity contribution in [3.8, 4) is 28.7 Å². The quantitative estimate of drug-likeness (QED) is 0.0554. The molecule has 6 rings (SSSR count). The number of carboxylic acids is 1. The largest absolute Gasteiger partial charge is 0.508 e. The number of anilines is 4. The fourth-order valence-electron chi connectivity index (χ4n) is 6.23. The number of amides is 4. The number of sulfonamides is 1. The summed E-state index contributed by atoms with van der Waals surface area (Å²) in [4.78, 5) is 64.0. The maximum Gasteiger partial charge on any atom is 0.339 e. The summed E-state index contributed by atoms with van der Waals surface area (Å²) in [6.07, 6.45) is 2.94. The van der Waals surface area contributed by atoms with Crippen molar-refractivity contribution in [3.63, 3.8) is 0 Å². The summed E-state index contributed by atoms with van der Waals surface area (Å²) in [6, 6.07) is 20.5. The van der Waals surface area contributed by atoms with Gasteiger partial charge in [-0.15, -0.1) is 0 Å². The molecular formula is C44H40N8O13S. The number of carboxylic acid groups (broad SMARTS) is 1. The molecule has 1 aromatic heterocycles. The molecule has 0 saturated carbocycles. The van der Waals surface area contributed by atoms with Gasteiger partial charge in [0.1, 0.15) is 17.4 Å². The molecule has 0 aliphatic rings. The lowest BCUT2D eigenvalue weighted by Gasteiger charge is -2.18. The van der Waals surface area contributed by atoms with Gasteiger partial charge in [0.05, 0.1) is 47.9 Å². The van der Waals surface area contributed by atoms with Gasteiger partial charge in [-0.25, -0.2) is 13.2 Å². The number of aromatic carboxylic acids is 1. The van der Waals surface area contributed by atoms with Crippen molar-refractivity contribution in [1.82, 2.24) is 20.7 Å². The zero-order chi connectivity index (χ0) is 47.7. The van der Waals surface area contributed by atoms with Crippen molar-refractivity contribution in [1.29, 1.82) is 0 Å². The number of nitrogens with one attached hydrogen (secondary N) is 6. The van der Waals surface area contributed by atoms with Crippen LogP contribution in [0, 0.1) is 0 Å². The van der Waals surface area contributed by atoms with E-state index in [-0.39, 0.29) is 51.0 Å². The Hall–Kier alpha value is -8.92. The minimum absolute atomic E-state index is 0.0853. The number of phenols is 3. The van der Waals surface area contributed by atoms with Crippen molar-refractivity contribution in [3.05, 3.63) is 137 Å². The molecule has 22 heteroatoms. The van der Waals surface area contributed by atoms with Crippen LogP contribution in [0.15, 0.2) is 114 Å². The highest BCUT2D eigenvalue weighted by Crippen LogP contribution is 2.41. The molecule has 5 aromatic carbocycles. The van der Waals surface area contributed by atoms with E-state index in [1.807, 2.05) is 0 Å². The number of aromatic hydroxyl groups is 3. The zero-order valence-electron chi connectivity index (χ0n) is 34.9. The van der Waals surface area contributed by atoms with Gasteiger partial charge in [0.15, 0.2) is 23.0 Å². The fourth-order valence-corrected chi connectivity index (χ4v) is 7.30. The van der Waals surface area contributed by atoms with Gasteiger partial charge in [0, 0.05) is 28.9 Å². The number of aromatic nitrogens is 3. The second-order valence-electron chi connectivity index (χ2n) is 14.1. The summed E-state index contributed by atoms with van der Waals surface area (Å²) in [5.74, 6) is -6.32. The zero-order valence-corrected chi connectivity index (χ0v) is 35.8. The molecule has 21 nitrogen and oxygen atoms in total. The first-order chi connectivity index (χ1) is 31.5. The van der Waals surface area contributed by atoms with Crippen LogP contribution >= 0.6 is 0 Å². The highest BCUT2D eigenvalue weighted by molar-refractivity contribution is 7.92. The minimum Gasteiger partial charge on any atom is -0.508 e. The van der Waals surface area contributed by atoms with Gasteiger partial charge >= 0.3 is 5.97 Å². The van der Waals surface area contributed by atoms with E-state index in [0.29, 0.717) is 22.5 Å². The number of rotatable bonds is 17. The van der Waals surface area contributed by atoms with E-state index in [9.17, 15) is 52.8 Å². The van der Waals surface area contributed by atoms with Crippen LogP contribution in [0.4, 0.5) is 22.7 Å². The van der Waals surface area contributed by atoms with Crippen LogP contribution in [0.5, 0.6) is 28.7 Å².